The van der Waals surface area contributed by atoms with Crippen LogP contribution in [0.15, 0.2) is 30.0 Å². The summed E-state index contributed by atoms with van der Waals surface area (Å²) in [5.41, 5.74) is 9.20. The summed E-state index contributed by atoms with van der Waals surface area (Å²) in [5.74, 6) is 6.14. The number of rotatable bonds is 7. The van der Waals surface area contributed by atoms with Crippen LogP contribution < -0.4 is 21.7 Å². The molecule has 1 aromatic rings. The normalized spacial score (nSPS) is 15.1. The zero-order valence-electron chi connectivity index (χ0n) is 12.9. The molecule has 0 aromatic heterocycles. The number of likely N-dealkylation sites (tertiary alicyclic amines) is 1. The number of nitrogens with two attached hydrogens (primary N) is 2. The van der Waals surface area contributed by atoms with Gasteiger partial charge in [-0.3, -0.25) is 4.79 Å². The van der Waals surface area contributed by atoms with E-state index in [2.05, 4.69) is 5.43 Å². The van der Waals surface area contributed by atoms with Crippen LogP contribution in [-0.2, 0) is 4.79 Å². The van der Waals surface area contributed by atoms with Gasteiger partial charge in [-0.1, -0.05) is 12.1 Å². The van der Waals surface area contributed by atoms with Crippen molar-refractivity contribution in [2.45, 2.75) is 19.3 Å². The van der Waals surface area contributed by atoms with E-state index in [1.165, 1.54) is 0 Å². The second-order valence-electron chi connectivity index (χ2n) is 5.26. The first kappa shape index (κ1) is 16.6. The lowest BCUT2D eigenvalue weighted by molar-refractivity contribution is -0.127. The molecule has 5 N–H and O–H groups in total. The van der Waals surface area contributed by atoms with Gasteiger partial charge < -0.3 is 20.8 Å². The van der Waals surface area contributed by atoms with E-state index >= 15 is 0 Å². The maximum absolute atomic E-state index is 11.5. The van der Waals surface area contributed by atoms with Gasteiger partial charge in [-0.25, -0.2) is 5.84 Å². The third kappa shape index (κ3) is 4.37. The van der Waals surface area contributed by atoms with E-state index < -0.39 is 0 Å². The van der Waals surface area contributed by atoms with Crippen LogP contribution in [0.3, 0.4) is 0 Å². The molecule has 1 aliphatic heterocycles. The minimum absolute atomic E-state index is 0.106. The summed E-state index contributed by atoms with van der Waals surface area (Å²) in [7, 11) is 0. The number of hydrogen-bond donors (Lipinski definition) is 3. The van der Waals surface area contributed by atoms with Crippen LogP contribution in [0.2, 0.25) is 0 Å². The van der Waals surface area contributed by atoms with E-state index in [9.17, 15) is 4.79 Å². The van der Waals surface area contributed by atoms with Crippen LogP contribution in [0.5, 0.6) is 5.75 Å². The Morgan fingerprint density at radius 1 is 1.48 bits per heavy atom. The Hall–Kier alpha value is -2.72. The number of ether oxygens (including phenoxy) is 1. The third-order valence-electron chi connectivity index (χ3n) is 3.68. The zero-order chi connectivity index (χ0) is 16.7. The molecule has 1 aliphatic rings. The standard InChI is InChI=1S/C16H21N5O2/c17-11-14(20-19)16(18)12-4-1-5-13(10-12)23-9-3-8-21-7-2-6-15(21)22/h1,4-5,10,20H,2-3,6-9,18-19H2/b16-14-. The highest BCUT2D eigenvalue weighted by Gasteiger charge is 2.19. The summed E-state index contributed by atoms with van der Waals surface area (Å²) >= 11 is 0. The number of hydrogen-bond acceptors (Lipinski definition) is 6. The van der Waals surface area contributed by atoms with Gasteiger partial charge in [0.05, 0.1) is 12.3 Å². The van der Waals surface area contributed by atoms with Gasteiger partial charge in [-0.15, -0.1) is 0 Å². The molecule has 1 fully saturated rings. The molecule has 0 bridgehead atoms. The van der Waals surface area contributed by atoms with Crippen LogP contribution in [0, 0.1) is 11.3 Å². The molecule has 0 atom stereocenters. The minimum Gasteiger partial charge on any atom is -0.494 e. The molecule has 7 heteroatoms. The number of carbonyl (C=O) groups excluding carboxylic acids is 1. The van der Waals surface area contributed by atoms with Gasteiger partial charge in [0.2, 0.25) is 5.91 Å². The number of nitrogens with zero attached hydrogens (tertiary/aromatic N) is 2. The summed E-state index contributed by atoms with van der Waals surface area (Å²) < 4.78 is 5.69. The van der Waals surface area contributed by atoms with Crippen molar-refractivity contribution in [1.29, 1.82) is 5.26 Å². The quantitative estimate of drug-likeness (QED) is 0.295. The molecule has 23 heavy (non-hydrogen) atoms. The van der Waals surface area contributed by atoms with E-state index in [-0.39, 0.29) is 17.3 Å². The van der Waals surface area contributed by atoms with Crippen molar-refractivity contribution in [3.05, 3.63) is 35.5 Å². The number of amides is 1. The van der Waals surface area contributed by atoms with Gasteiger partial charge in [0.1, 0.15) is 11.8 Å². The van der Waals surface area contributed by atoms with Gasteiger partial charge in [-0.2, -0.15) is 5.26 Å². The second-order valence-corrected chi connectivity index (χ2v) is 5.26. The Kier molecular flexibility index (Phi) is 5.83. The average molecular weight is 315 g/mol. The highest BCUT2D eigenvalue weighted by Crippen LogP contribution is 2.19. The number of carbonyl (C=O) groups is 1. The number of benzene rings is 1. The molecule has 0 unspecified atom stereocenters. The molecule has 0 spiro atoms. The molecule has 1 aromatic carbocycles. The predicted octanol–water partition coefficient (Wildman–Crippen LogP) is 0.692. The van der Waals surface area contributed by atoms with Crippen molar-refractivity contribution in [3.63, 3.8) is 0 Å². The highest BCUT2D eigenvalue weighted by atomic mass is 16.5. The SMILES string of the molecule is N#C/C(NN)=C(/N)c1cccc(OCCCN2CCCC2=O)c1. The van der Waals surface area contributed by atoms with E-state index in [1.54, 1.807) is 18.2 Å². The van der Waals surface area contributed by atoms with Crippen LogP contribution in [-0.4, -0.2) is 30.5 Å². The van der Waals surface area contributed by atoms with Crippen LogP contribution in [0.1, 0.15) is 24.8 Å². The van der Waals surface area contributed by atoms with Crippen molar-refractivity contribution in [2.24, 2.45) is 11.6 Å². The van der Waals surface area contributed by atoms with E-state index in [4.69, 9.17) is 21.6 Å². The van der Waals surface area contributed by atoms with Gasteiger partial charge >= 0.3 is 0 Å². The van der Waals surface area contributed by atoms with Gasteiger partial charge in [0.15, 0.2) is 5.70 Å². The Morgan fingerprint density at radius 3 is 2.96 bits per heavy atom. The van der Waals surface area contributed by atoms with Crippen LogP contribution in [0.25, 0.3) is 5.70 Å². The summed E-state index contributed by atoms with van der Waals surface area (Å²) in [4.78, 5) is 13.4. The van der Waals surface area contributed by atoms with Crippen molar-refractivity contribution < 1.29 is 9.53 Å². The predicted molar refractivity (Wildman–Crippen MR) is 86.4 cm³/mol. The fourth-order valence-corrected chi connectivity index (χ4v) is 2.45. The van der Waals surface area contributed by atoms with Crippen molar-refractivity contribution in [1.82, 2.24) is 10.3 Å². The van der Waals surface area contributed by atoms with Crippen molar-refractivity contribution in [2.75, 3.05) is 19.7 Å². The Labute approximate surface area is 135 Å². The van der Waals surface area contributed by atoms with Crippen molar-refractivity contribution >= 4 is 11.6 Å². The lowest BCUT2D eigenvalue weighted by atomic mass is 10.1. The molecule has 1 saturated heterocycles. The molecular weight excluding hydrogens is 294 g/mol. The Morgan fingerprint density at radius 2 is 2.30 bits per heavy atom. The summed E-state index contributed by atoms with van der Waals surface area (Å²) in [6.45, 7) is 2.08. The molecule has 0 radical (unpaired) electrons. The topological polar surface area (TPSA) is 117 Å². The number of allylic oxidation sites excluding steroid dienone is 1. The fourth-order valence-electron chi connectivity index (χ4n) is 2.45. The number of nitrogens with one attached hydrogen (secondary N) is 1. The Bertz CT molecular complexity index is 636. The molecule has 1 heterocycles. The summed E-state index contributed by atoms with van der Waals surface area (Å²) in [6.07, 6.45) is 2.38. The molecular formula is C16H21N5O2. The third-order valence-corrected chi connectivity index (χ3v) is 3.68. The molecule has 0 aliphatic carbocycles. The van der Waals surface area contributed by atoms with Gasteiger partial charge in [0, 0.05) is 25.1 Å². The van der Waals surface area contributed by atoms with E-state index in [0.29, 0.717) is 24.3 Å². The molecule has 7 nitrogen and oxygen atoms in total. The summed E-state index contributed by atoms with van der Waals surface area (Å²) in [5, 5.41) is 8.93. The second kappa shape index (κ2) is 8.06. The number of hydrazine groups is 1. The van der Waals surface area contributed by atoms with E-state index in [0.717, 1.165) is 25.9 Å². The van der Waals surface area contributed by atoms with Crippen LogP contribution in [0.4, 0.5) is 0 Å². The average Bonchev–Trinajstić information content (AvgIpc) is 2.98. The van der Waals surface area contributed by atoms with E-state index in [1.807, 2.05) is 17.0 Å². The lowest BCUT2D eigenvalue weighted by Crippen LogP contribution is -2.26. The lowest BCUT2D eigenvalue weighted by Gasteiger charge is -2.15. The van der Waals surface area contributed by atoms with Crippen molar-refractivity contribution in [3.8, 4) is 11.8 Å². The maximum atomic E-state index is 11.5. The number of nitriles is 1. The summed E-state index contributed by atoms with van der Waals surface area (Å²) in [6, 6.07) is 9.05. The minimum atomic E-state index is 0.106. The maximum Gasteiger partial charge on any atom is 0.222 e. The zero-order valence-corrected chi connectivity index (χ0v) is 12.9. The first-order valence-corrected chi connectivity index (χ1v) is 7.53. The van der Waals surface area contributed by atoms with Gasteiger partial charge in [-0.05, 0) is 25.0 Å². The first-order chi connectivity index (χ1) is 11.2. The van der Waals surface area contributed by atoms with Gasteiger partial charge in [0.25, 0.3) is 0 Å². The molecule has 1 amide bonds. The highest BCUT2D eigenvalue weighted by molar-refractivity contribution is 5.78. The smallest absolute Gasteiger partial charge is 0.222 e. The van der Waals surface area contributed by atoms with Crippen LogP contribution >= 0.6 is 0 Å². The fraction of sp³-hybridized carbons (Fsp3) is 0.375. The molecule has 122 valence electrons. The first-order valence-electron chi connectivity index (χ1n) is 7.53. The largest absolute Gasteiger partial charge is 0.494 e. The molecule has 0 saturated carbocycles. The Balaban J connectivity index is 1.89. The molecule has 2 rings (SSSR count). The monoisotopic (exact) mass is 315 g/mol.